The summed E-state index contributed by atoms with van der Waals surface area (Å²) in [6, 6.07) is 8.14. The Balaban J connectivity index is 1.35. The first-order valence-electron chi connectivity index (χ1n) is 11.2. The van der Waals surface area contributed by atoms with Crippen molar-refractivity contribution in [3.05, 3.63) is 35.3 Å². The molecule has 6 rings (SSSR count). The first-order valence-corrected chi connectivity index (χ1v) is 13.9. The molecule has 5 heterocycles. The second-order valence-electron chi connectivity index (χ2n) is 8.82. The van der Waals surface area contributed by atoms with Gasteiger partial charge in [0.25, 0.3) is 0 Å². The van der Waals surface area contributed by atoms with Crippen molar-refractivity contribution in [1.29, 1.82) is 0 Å². The number of H-pyrrole nitrogens is 1. The van der Waals surface area contributed by atoms with Crippen LogP contribution in [0.3, 0.4) is 0 Å². The topological polar surface area (TPSA) is 116 Å². The van der Waals surface area contributed by atoms with E-state index in [4.69, 9.17) is 14.7 Å². The van der Waals surface area contributed by atoms with Gasteiger partial charge < -0.3 is 9.64 Å². The summed E-state index contributed by atoms with van der Waals surface area (Å²) < 4.78 is 32.2. The van der Waals surface area contributed by atoms with E-state index < -0.39 is 10.0 Å². The average molecular weight is 500 g/mol. The molecule has 4 aromatic rings. The van der Waals surface area contributed by atoms with Crippen LogP contribution >= 0.6 is 11.3 Å². The highest BCUT2D eigenvalue weighted by atomic mass is 32.2. The van der Waals surface area contributed by atoms with E-state index >= 15 is 0 Å². The molecule has 34 heavy (non-hydrogen) atoms. The zero-order valence-corrected chi connectivity index (χ0v) is 20.3. The van der Waals surface area contributed by atoms with Crippen molar-refractivity contribution in [2.75, 3.05) is 50.5 Å². The van der Waals surface area contributed by atoms with Crippen molar-refractivity contribution in [3.8, 4) is 11.4 Å². The predicted octanol–water partition coefficient (Wildman–Crippen LogP) is 1.80. The van der Waals surface area contributed by atoms with Gasteiger partial charge in [0.1, 0.15) is 0 Å². The summed E-state index contributed by atoms with van der Waals surface area (Å²) >= 11 is 1.71. The van der Waals surface area contributed by atoms with Crippen LogP contribution in [-0.2, 0) is 21.3 Å². The maximum Gasteiger partial charge on any atom is 0.209 e. The van der Waals surface area contributed by atoms with Crippen LogP contribution in [0.2, 0.25) is 0 Å². The molecule has 0 saturated carbocycles. The summed E-state index contributed by atoms with van der Waals surface area (Å²) in [4.78, 5) is 15.7. The molecule has 2 aliphatic rings. The summed E-state index contributed by atoms with van der Waals surface area (Å²) in [5.74, 6) is 1.63. The third-order valence-electron chi connectivity index (χ3n) is 6.16. The number of hydrogen-bond donors (Lipinski definition) is 2. The normalized spacial score (nSPS) is 18.1. The summed E-state index contributed by atoms with van der Waals surface area (Å²) in [6.07, 6.45) is 3.02. The lowest BCUT2D eigenvalue weighted by molar-refractivity contribution is 0.122. The largest absolute Gasteiger partial charge is 0.378 e. The van der Waals surface area contributed by atoms with E-state index in [9.17, 15) is 8.42 Å². The molecular formula is C22H25N7O3S2. The summed E-state index contributed by atoms with van der Waals surface area (Å²) in [5, 5.41) is 8.21. The first kappa shape index (κ1) is 21.9. The second-order valence-corrected chi connectivity index (χ2v) is 11.7. The van der Waals surface area contributed by atoms with Crippen molar-refractivity contribution in [2.45, 2.75) is 12.6 Å². The number of fused-ring (bicyclic) bond motifs is 2. The Bertz CT molecular complexity index is 1450. The fraction of sp³-hybridized carbons (Fsp3) is 0.409. The van der Waals surface area contributed by atoms with Crippen LogP contribution in [0.15, 0.2) is 30.5 Å². The number of ether oxygens (including phenoxy) is 1. The molecule has 10 nitrogen and oxygen atoms in total. The number of anilines is 1. The molecule has 0 radical (unpaired) electrons. The highest BCUT2D eigenvalue weighted by Crippen LogP contribution is 2.36. The van der Waals surface area contributed by atoms with Crippen molar-refractivity contribution in [1.82, 2.24) is 29.8 Å². The van der Waals surface area contributed by atoms with Gasteiger partial charge in [-0.1, -0.05) is 12.1 Å². The lowest BCUT2D eigenvalue weighted by Gasteiger charge is -2.38. The third-order valence-corrected chi connectivity index (χ3v) is 8.02. The Morgan fingerprint density at radius 3 is 2.85 bits per heavy atom. The number of likely N-dealkylation sites (tertiary alicyclic amines) is 1. The van der Waals surface area contributed by atoms with Crippen molar-refractivity contribution in [2.24, 2.45) is 0 Å². The van der Waals surface area contributed by atoms with Gasteiger partial charge in [0, 0.05) is 54.6 Å². The van der Waals surface area contributed by atoms with E-state index in [1.54, 1.807) is 11.3 Å². The summed E-state index contributed by atoms with van der Waals surface area (Å²) in [5.41, 5.74) is 2.83. The van der Waals surface area contributed by atoms with Gasteiger partial charge in [0.2, 0.25) is 10.0 Å². The predicted molar refractivity (Wildman–Crippen MR) is 133 cm³/mol. The van der Waals surface area contributed by atoms with Crippen LogP contribution in [0.5, 0.6) is 0 Å². The molecule has 2 saturated heterocycles. The average Bonchev–Trinajstić information content (AvgIpc) is 3.43. The summed E-state index contributed by atoms with van der Waals surface area (Å²) in [7, 11) is -3.18. The zero-order valence-electron chi connectivity index (χ0n) is 18.7. The first-order chi connectivity index (χ1) is 16.4. The van der Waals surface area contributed by atoms with E-state index in [2.05, 4.69) is 30.8 Å². The Hall–Kier alpha value is -2.64. The molecule has 1 aromatic carbocycles. The molecule has 0 aliphatic carbocycles. The smallest absolute Gasteiger partial charge is 0.209 e. The number of rotatable bonds is 6. The molecule has 3 aromatic heterocycles. The Labute approximate surface area is 201 Å². The van der Waals surface area contributed by atoms with Gasteiger partial charge in [0.05, 0.1) is 41.4 Å². The number of nitrogens with zero attached hydrogens (tertiary/aromatic N) is 5. The number of aromatic amines is 1. The quantitative estimate of drug-likeness (QED) is 0.413. The Kier molecular flexibility index (Phi) is 5.49. The van der Waals surface area contributed by atoms with E-state index in [1.807, 2.05) is 24.4 Å². The fourth-order valence-electron chi connectivity index (χ4n) is 4.61. The lowest BCUT2D eigenvalue weighted by atomic mass is 10.1. The van der Waals surface area contributed by atoms with Gasteiger partial charge in [0.15, 0.2) is 11.6 Å². The minimum Gasteiger partial charge on any atom is -0.378 e. The van der Waals surface area contributed by atoms with E-state index in [-0.39, 0.29) is 6.04 Å². The van der Waals surface area contributed by atoms with Crippen molar-refractivity contribution in [3.63, 3.8) is 0 Å². The van der Waals surface area contributed by atoms with Crippen LogP contribution in [0.25, 0.3) is 32.5 Å². The van der Waals surface area contributed by atoms with Gasteiger partial charge in [-0.2, -0.15) is 5.10 Å². The minimum absolute atomic E-state index is 0.0184. The van der Waals surface area contributed by atoms with E-state index in [0.29, 0.717) is 32.1 Å². The molecule has 0 unspecified atom stereocenters. The molecule has 0 bridgehead atoms. The maximum absolute atomic E-state index is 11.5. The SMILES string of the molecule is CS(=O)(=O)NC1CN(Cc2cc3nc(-c4cccc5[nH]ncc45)nc(N4CCOCC4)c3s2)C1. The van der Waals surface area contributed by atoms with E-state index in [1.165, 1.54) is 11.1 Å². The molecule has 178 valence electrons. The van der Waals surface area contributed by atoms with Gasteiger partial charge >= 0.3 is 0 Å². The second kappa shape index (κ2) is 8.54. The molecule has 12 heteroatoms. The number of hydrogen-bond acceptors (Lipinski definition) is 9. The standard InChI is InChI=1S/C22H25N7O3S2/c1-34(30,31)27-14-11-28(12-14)13-15-9-19-20(33-15)22(29-5-7-32-8-6-29)25-21(24-19)16-3-2-4-18-17(16)10-23-26-18/h2-4,9-10,14,27H,5-8,11-13H2,1H3,(H,23,26). The van der Waals surface area contributed by atoms with Crippen LogP contribution in [-0.4, -0.2) is 85.2 Å². The minimum atomic E-state index is -3.18. The number of nitrogens with one attached hydrogen (secondary N) is 2. The molecule has 0 amide bonds. The number of benzene rings is 1. The molecular weight excluding hydrogens is 474 g/mol. The van der Waals surface area contributed by atoms with Gasteiger partial charge in [-0.15, -0.1) is 11.3 Å². The Morgan fingerprint density at radius 1 is 1.24 bits per heavy atom. The lowest BCUT2D eigenvalue weighted by Crippen LogP contribution is -2.58. The van der Waals surface area contributed by atoms with E-state index in [0.717, 1.165) is 52.1 Å². The van der Waals surface area contributed by atoms with Gasteiger partial charge in [-0.25, -0.2) is 23.1 Å². The Morgan fingerprint density at radius 2 is 2.06 bits per heavy atom. The molecule has 2 aliphatic heterocycles. The number of morpholine rings is 1. The highest BCUT2D eigenvalue weighted by molar-refractivity contribution is 7.88. The zero-order chi connectivity index (χ0) is 23.3. The molecule has 0 atom stereocenters. The monoisotopic (exact) mass is 499 g/mol. The van der Waals surface area contributed by atoms with Crippen LogP contribution < -0.4 is 9.62 Å². The van der Waals surface area contributed by atoms with Crippen LogP contribution in [0, 0.1) is 0 Å². The number of thiophene rings is 1. The van der Waals surface area contributed by atoms with Crippen molar-refractivity contribution < 1.29 is 13.2 Å². The summed E-state index contributed by atoms with van der Waals surface area (Å²) in [6.45, 7) is 5.11. The van der Waals surface area contributed by atoms with Gasteiger partial charge in [-0.3, -0.25) is 10.00 Å². The van der Waals surface area contributed by atoms with Gasteiger partial charge in [-0.05, 0) is 12.1 Å². The fourth-order valence-corrected chi connectivity index (χ4v) is 6.52. The third kappa shape index (κ3) is 4.27. The van der Waals surface area contributed by atoms with Crippen LogP contribution in [0.1, 0.15) is 4.88 Å². The number of sulfonamides is 1. The van der Waals surface area contributed by atoms with Crippen molar-refractivity contribution >= 4 is 48.3 Å². The van der Waals surface area contributed by atoms with Crippen LogP contribution in [0.4, 0.5) is 5.82 Å². The molecule has 2 N–H and O–H groups in total. The number of aromatic nitrogens is 4. The molecule has 2 fully saturated rings. The highest BCUT2D eigenvalue weighted by Gasteiger charge is 2.29. The maximum atomic E-state index is 11.5. The molecule has 0 spiro atoms.